The molecule has 17 heavy (non-hydrogen) atoms. The first kappa shape index (κ1) is 11.8. The topological polar surface area (TPSA) is 61.2 Å². The third-order valence-electron chi connectivity index (χ3n) is 2.32. The molecule has 0 spiro atoms. The highest BCUT2D eigenvalue weighted by atomic mass is 79.9. The summed E-state index contributed by atoms with van der Waals surface area (Å²) < 4.78 is 6.38. The van der Waals surface area contributed by atoms with Gasteiger partial charge in [0.05, 0.1) is 18.7 Å². The molecule has 0 fully saturated rings. The molecule has 1 aromatic heterocycles. The predicted molar refractivity (Wildman–Crippen MR) is 65.7 cm³/mol. The second kappa shape index (κ2) is 4.67. The molecule has 2 rings (SSSR count). The van der Waals surface area contributed by atoms with Gasteiger partial charge >= 0.3 is 5.97 Å². The molecule has 0 aliphatic heterocycles. The fourth-order valence-electron chi connectivity index (χ4n) is 1.45. The van der Waals surface area contributed by atoms with Crippen LogP contribution in [0.4, 0.5) is 0 Å². The summed E-state index contributed by atoms with van der Waals surface area (Å²) in [6.07, 6.45) is 1.55. The number of methoxy groups -OCH3 is 1. The normalized spacial score (nSPS) is 10.5. The van der Waals surface area contributed by atoms with Gasteiger partial charge in [0.1, 0.15) is 6.54 Å². The minimum Gasteiger partial charge on any atom is -0.468 e. The lowest BCUT2D eigenvalue weighted by Crippen LogP contribution is -2.27. The number of carbonyl (C=O) groups excluding carboxylic acids is 1. The van der Waals surface area contributed by atoms with E-state index in [0.717, 1.165) is 14.5 Å². The summed E-state index contributed by atoms with van der Waals surface area (Å²) in [5.41, 5.74) is -0.311. The van der Waals surface area contributed by atoms with Gasteiger partial charge in [-0.3, -0.25) is 9.59 Å². The van der Waals surface area contributed by atoms with Crippen LogP contribution in [0.15, 0.2) is 33.7 Å². The minimum absolute atomic E-state index is 0.183. The van der Waals surface area contributed by atoms with Crippen molar-refractivity contribution >= 4 is 32.7 Å². The molecule has 88 valence electrons. The maximum Gasteiger partial charge on any atom is 0.327 e. The van der Waals surface area contributed by atoms with Gasteiger partial charge in [-0.25, -0.2) is 4.68 Å². The Kier molecular flexibility index (Phi) is 3.23. The van der Waals surface area contributed by atoms with Crippen molar-refractivity contribution < 1.29 is 9.53 Å². The molecular weight excluding hydrogens is 288 g/mol. The average Bonchev–Trinajstić information content (AvgIpc) is 2.33. The van der Waals surface area contributed by atoms with Crippen LogP contribution in [0.3, 0.4) is 0 Å². The number of hydrogen-bond acceptors (Lipinski definition) is 4. The van der Waals surface area contributed by atoms with E-state index < -0.39 is 5.97 Å². The lowest BCUT2D eigenvalue weighted by Gasteiger charge is -2.04. The van der Waals surface area contributed by atoms with E-state index >= 15 is 0 Å². The molecule has 6 heteroatoms. The van der Waals surface area contributed by atoms with Gasteiger partial charge in [-0.2, -0.15) is 5.10 Å². The van der Waals surface area contributed by atoms with Gasteiger partial charge in [0.2, 0.25) is 0 Å². The van der Waals surface area contributed by atoms with Crippen LogP contribution >= 0.6 is 15.9 Å². The van der Waals surface area contributed by atoms with Crippen molar-refractivity contribution in [2.24, 2.45) is 0 Å². The summed E-state index contributed by atoms with van der Waals surface area (Å²) in [5, 5.41) is 5.16. The Hall–Kier alpha value is -1.69. The van der Waals surface area contributed by atoms with Crippen LogP contribution in [0, 0.1) is 0 Å². The van der Waals surface area contributed by atoms with Gasteiger partial charge in [-0.1, -0.05) is 22.0 Å². The van der Waals surface area contributed by atoms with Crippen molar-refractivity contribution in [1.82, 2.24) is 9.78 Å². The van der Waals surface area contributed by atoms with E-state index in [1.54, 1.807) is 18.3 Å². The van der Waals surface area contributed by atoms with Gasteiger partial charge in [-0.15, -0.1) is 0 Å². The second-order valence-electron chi connectivity index (χ2n) is 3.42. The summed E-state index contributed by atoms with van der Waals surface area (Å²) in [5.74, 6) is -0.506. The molecular formula is C11H9BrN2O3. The number of carbonyl (C=O) groups is 1. The molecule has 0 saturated carbocycles. The Morgan fingerprint density at radius 3 is 3.00 bits per heavy atom. The fraction of sp³-hybridized carbons (Fsp3) is 0.182. The molecule has 0 N–H and O–H groups in total. The Morgan fingerprint density at radius 2 is 2.29 bits per heavy atom. The molecule has 0 amide bonds. The van der Waals surface area contributed by atoms with E-state index in [1.807, 2.05) is 6.07 Å². The van der Waals surface area contributed by atoms with Crippen LogP contribution in [0.25, 0.3) is 10.8 Å². The highest BCUT2D eigenvalue weighted by molar-refractivity contribution is 9.10. The second-order valence-corrected chi connectivity index (χ2v) is 4.33. The van der Waals surface area contributed by atoms with Crippen molar-refractivity contribution in [3.8, 4) is 0 Å². The Balaban J connectivity index is 2.57. The Morgan fingerprint density at radius 1 is 1.53 bits per heavy atom. The van der Waals surface area contributed by atoms with Crippen LogP contribution < -0.4 is 5.56 Å². The van der Waals surface area contributed by atoms with E-state index in [2.05, 4.69) is 25.8 Å². The molecule has 2 aromatic rings. The van der Waals surface area contributed by atoms with E-state index in [4.69, 9.17) is 0 Å². The summed E-state index contributed by atoms with van der Waals surface area (Å²) in [4.78, 5) is 23.1. The zero-order valence-corrected chi connectivity index (χ0v) is 10.6. The van der Waals surface area contributed by atoms with Crippen LogP contribution in [0.1, 0.15) is 0 Å². The number of aromatic nitrogens is 2. The first-order chi connectivity index (χ1) is 8.11. The molecule has 0 radical (unpaired) electrons. The first-order valence-corrected chi connectivity index (χ1v) is 5.63. The van der Waals surface area contributed by atoms with Crippen LogP contribution in [0.2, 0.25) is 0 Å². The summed E-state index contributed by atoms with van der Waals surface area (Å²) in [6.45, 7) is -0.183. The van der Waals surface area contributed by atoms with Crippen molar-refractivity contribution in [2.45, 2.75) is 6.54 Å². The van der Waals surface area contributed by atoms with Gasteiger partial charge in [-0.05, 0) is 12.1 Å². The number of halogens is 1. The van der Waals surface area contributed by atoms with Gasteiger partial charge in [0.15, 0.2) is 0 Å². The summed E-state index contributed by atoms with van der Waals surface area (Å²) in [7, 11) is 1.27. The minimum atomic E-state index is -0.506. The number of benzene rings is 1. The van der Waals surface area contributed by atoms with Crippen molar-refractivity contribution in [3.63, 3.8) is 0 Å². The van der Waals surface area contributed by atoms with Gasteiger partial charge < -0.3 is 4.74 Å². The van der Waals surface area contributed by atoms with Crippen molar-refractivity contribution in [2.75, 3.05) is 7.11 Å². The summed E-state index contributed by atoms with van der Waals surface area (Å²) >= 11 is 3.30. The van der Waals surface area contributed by atoms with Crippen LogP contribution in [-0.2, 0) is 16.1 Å². The maximum absolute atomic E-state index is 12.0. The average molecular weight is 297 g/mol. The lowest BCUT2D eigenvalue weighted by molar-refractivity contribution is -0.141. The molecule has 1 heterocycles. The zero-order valence-electron chi connectivity index (χ0n) is 9.01. The smallest absolute Gasteiger partial charge is 0.327 e. The van der Waals surface area contributed by atoms with E-state index in [9.17, 15) is 9.59 Å². The zero-order chi connectivity index (χ0) is 12.4. The number of nitrogens with zero attached hydrogens (tertiary/aromatic N) is 2. The molecule has 0 saturated heterocycles. The molecule has 0 aliphatic rings. The molecule has 0 atom stereocenters. The van der Waals surface area contributed by atoms with Crippen LogP contribution in [0.5, 0.6) is 0 Å². The molecule has 5 nitrogen and oxygen atoms in total. The Bertz CT molecular complexity index is 636. The standard InChI is InChI=1S/C11H9BrN2O3/c1-17-10(15)6-14-11(16)9-4-8(12)3-2-7(9)5-13-14/h2-5H,6H2,1H3. The third kappa shape index (κ3) is 2.36. The number of rotatable bonds is 2. The van der Waals surface area contributed by atoms with Crippen molar-refractivity contribution in [1.29, 1.82) is 0 Å². The van der Waals surface area contributed by atoms with E-state index in [-0.39, 0.29) is 12.1 Å². The quantitative estimate of drug-likeness (QED) is 0.785. The van der Waals surface area contributed by atoms with Crippen molar-refractivity contribution in [3.05, 3.63) is 39.2 Å². The first-order valence-electron chi connectivity index (χ1n) is 4.84. The Labute approximate surface area is 105 Å². The maximum atomic E-state index is 12.0. The highest BCUT2D eigenvalue weighted by Crippen LogP contribution is 2.15. The largest absolute Gasteiger partial charge is 0.468 e. The fourth-order valence-corrected chi connectivity index (χ4v) is 1.81. The third-order valence-corrected chi connectivity index (χ3v) is 2.82. The summed E-state index contributed by atoms with van der Waals surface area (Å²) in [6, 6.07) is 5.32. The van der Waals surface area contributed by atoms with Gasteiger partial charge in [0.25, 0.3) is 5.56 Å². The molecule has 0 aliphatic carbocycles. The van der Waals surface area contributed by atoms with E-state index in [1.165, 1.54) is 7.11 Å². The number of fused-ring (bicyclic) bond motifs is 1. The SMILES string of the molecule is COC(=O)Cn1ncc2ccc(Br)cc2c1=O. The number of esters is 1. The lowest BCUT2D eigenvalue weighted by atomic mass is 10.2. The van der Waals surface area contributed by atoms with Gasteiger partial charge in [0, 0.05) is 9.86 Å². The monoisotopic (exact) mass is 296 g/mol. The highest BCUT2D eigenvalue weighted by Gasteiger charge is 2.08. The van der Waals surface area contributed by atoms with Crippen LogP contribution in [-0.4, -0.2) is 22.9 Å². The van der Waals surface area contributed by atoms with E-state index in [0.29, 0.717) is 5.39 Å². The molecule has 0 unspecified atom stereocenters. The predicted octanol–water partition coefficient (Wildman–Crippen LogP) is 1.33. The molecule has 1 aromatic carbocycles. The number of ether oxygens (including phenoxy) is 1. The number of hydrogen-bond donors (Lipinski definition) is 0. The molecule has 0 bridgehead atoms.